The van der Waals surface area contributed by atoms with E-state index in [0.29, 0.717) is 0 Å². The molecule has 1 aromatic rings. The van der Waals surface area contributed by atoms with E-state index in [1.807, 2.05) is 6.07 Å². The molecule has 2 atom stereocenters. The lowest BCUT2D eigenvalue weighted by Crippen LogP contribution is -2.54. The molecule has 0 aliphatic heterocycles. The van der Waals surface area contributed by atoms with Crippen LogP contribution in [0.25, 0.3) is 0 Å². The van der Waals surface area contributed by atoms with Gasteiger partial charge in [-0.1, -0.05) is 44.2 Å². The summed E-state index contributed by atoms with van der Waals surface area (Å²) in [4.78, 5) is 47.3. The van der Waals surface area contributed by atoms with E-state index < -0.39 is 42.4 Å². The van der Waals surface area contributed by atoms with Gasteiger partial charge in [-0.05, 0) is 18.4 Å². The van der Waals surface area contributed by atoms with E-state index in [4.69, 9.17) is 9.47 Å². The first-order valence-corrected chi connectivity index (χ1v) is 8.90. The zero-order valence-corrected chi connectivity index (χ0v) is 16.1. The third kappa shape index (κ3) is 8.07. The third-order valence-corrected chi connectivity index (χ3v) is 3.73. The second-order valence-corrected chi connectivity index (χ2v) is 6.34. The van der Waals surface area contributed by atoms with Crippen molar-refractivity contribution >= 4 is 23.9 Å². The fraction of sp³-hybridized carbons (Fsp3) is 0.474. The number of rotatable bonds is 10. The molecule has 9 heteroatoms. The molecule has 0 aliphatic rings. The summed E-state index contributed by atoms with van der Waals surface area (Å²) in [6.07, 6.45) is -1.33. The number of esters is 1. The van der Waals surface area contributed by atoms with E-state index >= 15 is 0 Å². The van der Waals surface area contributed by atoms with E-state index in [9.17, 15) is 24.3 Å². The van der Waals surface area contributed by atoms with Crippen LogP contribution in [0.5, 0.6) is 0 Å². The molecule has 0 fully saturated rings. The maximum atomic E-state index is 12.5. The molecule has 3 N–H and O–H groups in total. The number of benzene rings is 1. The molecule has 0 bridgehead atoms. The number of hydrogen-bond donors (Lipinski definition) is 3. The summed E-state index contributed by atoms with van der Waals surface area (Å²) >= 11 is 0. The van der Waals surface area contributed by atoms with Gasteiger partial charge in [0.1, 0.15) is 18.7 Å². The lowest BCUT2D eigenvalue weighted by atomic mass is 10.0. The van der Waals surface area contributed by atoms with Gasteiger partial charge in [0.25, 0.3) is 0 Å². The van der Waals surface area contributed by atoms with Gasteiger partial charge in [-0.15, -0.1) is 0 Å². The smallest absolute Gasteiger partial charge is 0.408 e. The highest BCUT2D eigenvalue weighted by atomic mass is 16.5. The second kappa shape index (κ2) is 11.6. The number of alkyl carbamates (subject to hydrolysis) is 1. The van der Waals surface area contributed by atoms with Crippen LogP contribution in [0.2, 0.25) is 0 Å². The van der Waals surface area contributed by atoms with Crippen LogP contribution >= 0.6 is 0 Å². The van der Waals surface area contributed by atoms with Crippen molar-refractivity contribution in [3.05, 3.63) is 35.9 Å². The lowest BCUT2D eigenvalue weighted by Gasteiger charge is -2.23. The van der Waals surface area contributed by atoms with E-state index in [2.05, 4.69) is 10.6 Å². The van der Waals surface area contributed by atoms with Gasteiger partial charge in [-0.25, -0.2) is 9.59 Å². The predicted molar refractivity (Wildman–Crippen MR) is 99.2 cm³/mol. The summed E-state index contributed by atoms with van der Waals surface area (Å²) in [6.45, 7) is 5.08. The van der Waals surface area contributed by atoms with E-state index in [1.165, 1.54) is 0 Å². The Morgan fingerprint density at radius 3 is 2.21 bits per heavy atom. The summed E-state index contributed by atoms with van der Waals surface area (Å²) in [5.74, 6) is -3.20. The largest absolute Gasteiger partial charge is 0.480 e. The highest BCUT2D eigenvalue weighted by molar-refractivity contribution is 5.91. The molecule has 9 nitrogen and oxygen atoms in total. The summed E-state index contributed by atoms with van der Waals surface area (Å²) in [5, 5.41) is 13.9. The second-order valence-electron chi connectivity index (χ2n) is 6.34. The summed E-state index contributed by atoms with van der Waals surface area (Å²) in [5.41, 5.74) is 0.781. The summed E-state index contributed by atoms with van der Waals surface area (Å²) in [7, 11) is 0. The maximum Gasteiger partial charge on any atom is 0.408 e. The van der Waals surface area contributed by atoms with Crippen molar-refractivity contribution in [1.29, 1.82) is 0 Å². The van der Waals surface area contributed by atoms with Crippen LogP contribution in [0.3, 0.4) is 0 Å². The van der Waals surface area contributed by atoms with Crippen LogP contribution in [-0.2, 0) is 30.5 Å². The van der Waals surface area contributed by atoms with Gasteiger partial charge in [0.05, 0.1) is 13.0 Å². The van der Waals surface area contributed by atoms with E-state index in [1.54, 1.807) is 45.0 Å². The Morgan fingerprint density at radius 1 is 1.04 bits per heavy atom. The third-order valence-electron chi connectivity index (χ3n) is 3.73. The minimum Gasteiger partial charge on any atom is -0.480 e. The van der Waals surface area contributed by atoms with Gasteiger partial charge >= 0.3 is 18.0 Å². The molecular formula is C19H26N2O7. The lowest BCUT2D eigenvalue weighted by molar-refractivity contribution is -0.150. The normalized spacial score (nSPS) is 12.6. The number of amides is 2. The maximum absolute atomic E-state index is 12.5. The minimum atomic E-state index is -1.46. The number of carbonyl (C=O) groups is 4. The van der Waals surface area contributed by atoms with Gasteiger partial charge in [-0.3, -0.25) is 9.59 Å². The first-order valence-electron chi connectivity index (χ1n) is 8.90. The number of ether oxygens (including phenoxy) is 2. The minimum absolute atomic E-state index is 0.0275. The monoisotopic (exact) mass is 394 g/mol. The van der Waals surface area contributed by atoms with Crippen molar-refractivity contribution in [2.75, 3.05) is 6.61 Å². The number of hydrogen-bond acceptors (Lipinski definition) is 6. The molecule has 0 spiro atoms. The Balaban J connectivity index is 2.66. The first kappa shape index (κ1) is 22.9. The van der Waals surface area contributed by atoms with Crippen molar-refractivity contribution < 1.29 is 33.8 Å². The van der Waals surface area contributed by atoms with Gasteiger partial charge in [0.15, 0.2) is 0 Å². The number of carboxylic acids is 1. The molecule has 0 radical (unpaired) electrons. The molecule has 0 aromatic heterocycles. The highest BCUT2D eigenvalue weighted by Gasteiger charge is 2.30. The molecule has 1 rings (SSSR count). The van der Waals surface area contributed by atoms with E-state index in [-0.39, 0.29) is 19.1 Å². The molecule has 0 saturated heterocycles. The number of nitrogens with one attached hydrogen (secondary N) is 2. The van der Waals surface area contributed by atoms with Crippen molar-refractivity contribution in [2.45, 2.75) is 45.9 Å². The van der Waals surface area contributed by atoms with Crippen LogP contribution in [-0.4, -0.2) is 47.7 Å². The zero-order valence-electron chi connectivity index (χ0n) is 16.1. The van der Waals surface area contributed by atoms with Crippen molar-refractivity contribution in [3.63, 3.8) is 0 Å². The van der Waals surface area contributed by atoms with Gasteiger partial charge in [0.2, 0.25) is 5.91 Å². The standard InChI is InChI=1S/C19H26N2O7/c1-4-27-15(22)10-14(18(24)25)20-17(23)16(12(2)3)21-19(26)28-11-13-8-6-5-7-9-13/h5-9,12,14,16H,4,10-11H2,1-3H3,(H,20,23)(H,21,26)(H,24,25)/t14-,16+/m0/s1. The highest BCUT2D eigenvalue weighted by Crippen LogP contribution is 2.06. The Kier molecular flexibility index (Phi) is 9.49. The fourth-order valence-corrected chi connectivity index (χ4v) is 2.27. The van der Waals surface area contributed by atoms with Crippen LogP contribution in [0.4, 0.5) is 4.79 Å². The van der Waals surface area contributed by atoms with Crippen LogP contribution in [0.1, 0.15) is 32.8 Å². The Labute approximate surface area is 163 Å². The molecule has 154 valence electrons. The Bertz CT molecular complexity index is 676. The molecular weight excluding hydrogens is 368 g/mol. The van der Waals surface area contributed by atoms with Gasteiger partial charge < -0.3 is 25.2 Å². The van der Waals surface area contributed by atoms with Crippen LogP contribution in [0, 0.1) is 5.92 Å². The molecule has 0 aliphatic carbocycles. The molecule has 1 aromatic carbocycles. The van der Waals surface area contributed by atoms with Gasteiger partial charge in [0, 0.05) is 0 Å². The fourth-order valence-electron chi connectivity index (χ4n) is 2.27. The number of carboxylic acid groups (broad SMARTS) is 1. The number of aliphatic carboxylic acids is 1. The summed E-state index contributed by atoms with van der Waals surface area (Å²) < 4.78 is 9.79. The van der Waals surface area contributed by atoms with Gasteiger partial charge in [-0.2, -0.15) is 0 Å². The Morgan fingerprint density at radius 2 is 1.68 bits per heavy atom. The van der Waals surface area contributed by atoms with Crippen molar-refractivity contribution in [1.82, 2.24) is 10.6 Å². The molecule has 0 saturated carbocycles. The molecule has 0 heterocycles. The number of carbonyl (C=O) groups excluding carboxylic acids is 3. The molecule has 2 amide bonds. The average molecular weight is 394 g/mol. The quantitative estimate of drug-likeness (QED) is 0.512. The predicted octanol–water partition coefficient (Wildman–Crippen LogP) is 1.46. The zero-order chi connectivity index (χ0) is 21.1. The Hall–Kier alpha value is -3.10. The van der Waals surface area contributed by atoms with Crippen LogP contribution < -0.4 is 10.6 Å². The first-order chi connectivity index (χ1) is 13.2. The topological polar surface area (TPSA) is 131 Å². The average Bonchev–Trinajstić information content (AvgIpc) is 2.64. The van der Waals surface area contributed by atoms with Crippen molar-refractivity contribution in [2.24, 2.45) is 5.92 Å². The molecule has 0 unspecified atom stereocenters. The van der Waals surface area contributed by atoms with Crippen molar-refractivity contribution in [3.8, 4) is 0 Å². The SMILES string of the molecule is CCOC(=O)C[C@H](NC(=O)[C@H](NC(=O)OCc1ccccc1)C(C)C)C(=O)O. The van der Waals surface area contributed by atoms with Crippen LogP contribution in [0.15, 0.2) is 30.3 Å². The summed E-state index contributed by atoms with van der Waals surface area (Å²) in [6, 6.07) is 6.51. The van der Waals surface area contributed by atoms with E-state index in [0.717, 1.165) is 5.56 Å². The molecule has 28 heavy (non-hydrogen) atoms.